The first-order chi connectivity index (χ1) is 9.16. The van der Waals surface area contributed by atoms with Crippen LogP contribution in [0.4, 0.5) is 0 Å². The van der Waals surface area contributed by atoms with E-state index < -0.39 is 0 Å². The van der Waals surface area contributed by atoms with Crippen molar-refractivity contribution in [1.29, 1.82) is 0 Å². The number of hydrogen-bond acceptors (Lipinski definition) is 3. The van der Waals surface area contributed by atoms with Crippen LogP contribution in [0.5, 0.6) is 0 Å². The van der Waals surface area contributed by atoms with Gasteiger partial charge < -0.3 is 10.1 Å². The normalized spacial score (nSPS) is 25.9. The highest BCUT2D eigenvalue weighted by molar-refractivity contribution is 7.12. The summed E-state index contributed by atoms with van der Waals surface area (Å²) in [5.74, 6) is 0.509. The fourth-order valence-corrected chi connectivity index (χ4v) is 4.72. The number of thiophene rings is 1. The Balaban J connectivity index is 2.33. The summed E-state index contributed by atoms with van der Waals surface area (Å²) in [5, 5.41) is 3.71. The second-order valence-electron chi connectivity index (χ2n) is 7.20. The second kappa shape index (κ2) is 5.43. The fraction of sp³-hybridized carbons (Fsp3) is 0.765. The lowest BCUT2D eigenvalue weighted by atomic mass is 9.81. The molecule has 2 heterocycles. The average Bonchev–Trinajstić information content (AvgIpc) is 2.72. The van der Waals surface area contributed by atoms with E-state index in [-0.39, 0.29) is 11.2 Å². The van der Waals surface area contributed by atoms with Gasteiger partial charge in [0.15, 0.2) is 0 Å². The minimum Gasteiger partial charge on any atom is -0.369 e. The van der Waals surface area contributed by atoms with Crippen LogP contribution in [0.2, 0.25) is 0 Å². The molecule has 0 aromatic carbocycles. The summed E-state index contributed by atoms with van der Waals surface area (Å²) in [7, 11) is 0. The first kappa shape index (κ1) is 16.0. The Kier molecular flexibility index (Phi) is 4.35. The van der Waals surface area contributed by atoms with E-state index in [9.17, 15) is 0 Å². The largest absolute Gasteiger partial charge is 0.369 e. The van der Waals surface area contributed by atoms with E-state index in [0.717, 1.165) is 13.0 Å². The Bertz CT molecular complexity index is 456. The summed E-state index contributed by atoms with van der Waals surface area (Å²) in [4.78, 5) is 2.89. The fourth-order valence-electron chi connectivity index (χ4n) is 3.54. The van der Waals surface area contributed by atoms with Gasteiger partial charge in [0.25, 0.3) is 0 Å². The maximum Gasteiger partial charge on any atom is 0.0681 e. The summed E-state index contributed by atoms with van der Waals surface area (Å²) in [6, 6.07) is 2.75. The quantitative estimate of drug-likeness (QED) is 0.876. The van der Waals surface area contributed by atoms with Crippen molar-refractivity contribution in [2.45, 2.75) is 72.1 Å². The van der Waals surface area contributed by atoms with Crippen LogP contribution in [0.1, 0.15) is 62.4 Å². The molecule has 1 aliphatic heterocycles. The van der Waals surface area contributed by atoms with Crippen LogP contribution in [0.3, 0.4) is 0 Å². The molecule has 2 rings (SSSR count). The van der Waals surface area contributed by atoms with Crippen LogP contribution in [0, 0.1) is 19.8 Å². The molecule has 0 aliphatic carbocycles. The molecule has 0 amide bonds. The number of hydrogen-bond donors (Lipinski definition) is 1. The van der Waals surface area contributed by atoms with Crippen LogP contribution in [-0.4, -0.2) is 17.7 Å². The van der Waals surface area contributed by atoms with Crippen molar-refractivity contribution in [3.05, 3.63) is 21.4 Å². The molecule has 1 saturated heterocycles. The molecule has 2 atom stereocenters. The van der Waals surface area contributed by atoms with Crippen LogP contribution in [-0.2, 0) is 4.74 Å². The van der Waals surface area contributed by atoms with Crippen LogP contribution in [0.15, 0.2) is 6.07 Å². The second-order valence-corrected chi connectivity index (χ2v) is 8.49. The molecule has 1 aliphatic rings. The van der Waals surface area contributed by atoms with Gasteiger partial charge in [-0.05, 0) is 66.1 Å². The average molecular weight is 295 g/mol. The summed E-state index contributed by atoms with van der Waals surface area (Å²) >= 11 is 1.93. The predicted molar refractivity (Wildman–Crippen MR) is 87.6 cm³/mol. The van der Waals surface area contributed by atoms with Gasteiger partial charge in [-0.25, -0.2) is 0 Å². The topological polar surface area (TPSA) is 21.3 Å². The highest BCUT2D eigenvalue weighted by atomic mass is 32.1. The first-order valence-electron chi connectivity index (χ1n) is 7.67. The van der Waals surface area contributed by atoms with Gasteiger partial charge >= 0.3 is 0 Å². The lowest BCUT2D eigenvalue weighted by molar-refractivity contribution is -0.0777. The minimum atomic E-state index is -0.0812. The van der Waals surface area contributed by atoms with Gasteiger partial charge in [0.05, 0.1) is 11.2 Å². The third-order valence-corrected chi connectivity index (χ3v) is 5.70. The van der Waals surface area contributed by atoms with Crippen molar-refractivity contribution in [2.24, 2.45) is 5.92 Å². The Morgan fingerprint density at radius 3 is 2.40 bits per heavy atom. The number of nitrogens with one attached hydrogen (secondary N) is 1. The van der Waals surface area contributed by atoms with Crippen molar-refractivity contribution >= 4 is 11.3 Å². The highest BCUT2D eigenvalue weighted by Gasteiger charge is 2.49. The van der Waals surface area contributed by atoms with Gasteiger partial charge in [-0.3, -0.25) is 0 Å². The third-order valence-electron chi connectivity index (χ3n) is 4.46. The lowest BCUT2D eigenvalue weighted by Crippen LogP contribution is -2.38. The van der Waals surface area contributed by atoms with Gasteiger partial charge in [-0.1, -0.05) is 6.92 Å². The van der Waals surface area contributed by atoms with Crippen molar-refractivity contribution in [3.8, 4) is 0 Å². The summed E-state index contributed by atoms with van der Waals surface area (Å²) < 4.78 is 6.30. The monoisotopic (exact) mass is 295 g/mol. The maximum atomic E-state index is 6.30. The van der Waals surface area contributed by atoms with E-state index in [4.69, 9.17) is 4.74 Å². The molecule has 114 valence electrons. The number of ether oxygens (including phenoxy) is 1. The third kappa shape index (κ3) is 3.10. The molecule has 2 unspecified atom stereocenters. The molecule has 0 saturated carbocycles. The summed E-state index contributed by atoms with van der Waals surface area (Å²) in [5.41, 5.74) is 1.30. The van der Waals surface area contributed by atoms with Gasteiger partial charge in [0, 0.05) is 21.7 Å². The molecule has 1 aromatic heterocycles. The van der Waals surface area contributed by atoms with E-state index in [2.05, 4.69) is 59.8 Å². The molecule has 0 radical (unpaired) electrons. The van der Waals surface area contributed by atoms with Gasteiger partial charge in [-0.2, -0.15) is 0 Å². The SMILES string of the molecule is CCNC(c1cc(C)c(C)s1)C1CC(C)(C)OC1(C)C. The van der Waals surface area contributed by atoms with Crippen molar-refractivity contribution < 1.29 is 4.74 Å². The van der Waals surface area contributed by atoms with E-state index in [1.54, 1.807) is 0 Å². The number of rotatable bonds is 4. The molecule has 0 bridgehead atoms. The zero-order valence-corrected chi connectivity index (χ0v) is 14.8. The van der Waals surface area contributed by atoms with E-state index >= 15 is 0 Å². The van der Waals surface area contributed by atoms with Gasteiger partial charge in [0.2, 0.25) is 0 Å². The molecule has 2 nitrogen and oxygen atoms in total. The molecule has 1 N–H and O–H groups in total. The zero-order valence-electron chi connectivity index (χ0n) is 14.0. The van der Waals surface area contributed by atoms with Gasteiger partial charge in [-0.15, -0.1) is 11.3 Å². The van der Waals surface area contributed by atoms with Gasteiger partial charge in [0.1, 0.15) is 0 Å². The highest BCUT2D eigenvalue weighted by Crippen LogP contribution is 2.48. The van der Waals surface area contributed by atoms with Crippen LogP contribution >= 0.6 is 11.3 Å². The van der Waals surface area contributed by atoms with Crippen molar-refractivity contribution in [1.82, 2.24) is 5.32 Å². The summed E-state index contributed by atoms with van der Waals surface area (Å²) in [6.07, 6.45) is 1.10. The van der Waals surface area contributed by atoms with Crippen molar-refractivity contribution in [3.63, 3.8) is 0 Å². The molecule has 20 heavy (non-hydrogen) atoms. The summed E-state index contributed by atoms with van der Waals surface area (Å²) in [6.45, 7) is 16.5. The smallest absolute Gasteiger partial charge is 0.0681 e. The van der Waals surface area contributed by atoms with Crippen LogP contribution < -0.4 is 5.32 Å². The van der Waals surface area contributed by atoms with Crippen LogP contribution in [0.25, 0.3) is 0 Å². The standard InChI is InChI=1S/C17H29NOS/c1-8-18-15(14-9-11(2)12(3)20-14)13-10-16(4,5)19-17(13,6)7/h9,13,15,18H,8,10H2,1-7H3. The number of aryl methyl sites for hydroxylation is 2. The Labute approximate surface area is 127 Å². The minimum absolute atomic E-state index is 0.0246. The first-order valence-corrected chi connectivity index (χ1v) is 8.48. The Morgan fingerprint density at radius 1 is 1.35 bits per heavy atom. The molecule has 1 aromatic rings. The Morgan fingerprint density at radius 2 is 2.00 bits per heavy atom. The van der Waals surface area contributed by atoms with E-state index in [0.29, 0.717) is 12.0 Å². The molecule has 1 fully saturated rings. The predicted octanol–water partition coefficient (Wildman–Crippen LogP) is 4.61. The maximum absolute atomic E-state index is 6.30. The van der Waals surface area contributed by atoms with E-state index in [1.165, 1.54) is 15.3 Å². The van der Waals surface area contributed by atoms with E-state index in [1.807, 2.05) is 11.3 Å². The van der Waals surface area contributed by atoms with Crippen molar-refractivity contribution in [2.75, 3.05) is 6.54 Å². The Hall–Kier alpha value is -0.380. The zero-order chi connectivity index (χ0) is 15.1. The molecular formula is C17H29NOS. The molecule has 0 spiro atoms. The lowest BCUT2D eigenvalue weighted by Gasteiger charge is -2.33. The molecule has 3 heteroatoms. The molecular weight excluding hydrogens is 266 g/mol.